The second-order valence-electron chi connectivity index (χ2n) is 9.26. The maximum atomic E-state index is 14.4. The number of fused-ring (bicyclic) bond motifs is 1. The first-order chi connectivity index (χ1) is 17.3. The van der Waals surface area contributed by atoms with Crippen molar-refractivity contribution < 1.29 is 24.2 Å². The van der Waals surface area contributed by atoms with Gasteiger partial charge in [0.2, 0.25) is 5.91 Å². The fourth-order valence-corrected chi connectivity index (χ4v) is 9.73. The van der Waals surface area contributed by atoms with E-state index in [0.29, 0.717) is 23.6 Å². The van der Waals surface area contributed by atoms with Gasteiger partial charge in [-0.25, -0.2) is 0 Å². The van der Waals surface area contributed by atoms with E-state index in [1.807, 2.05) is 6.92 Å². The van der Waals surface area contributed by atoms with Crippen LogP contribution in [-0.4, -0.2) is 74.5 Å². The number of likely N-dealkylation sites (tertiary alicyclic amines) is 1. The van der Waals surface area contributed by atoms with Crippen LogP contribution in [0.3, 0.4) is 0 Å². The fraction of sp³-hybridized carbons (Fsp3) is 0.500. The first-order valence-electron chi connectivity index (χ1n) is 12.0. The lowest BCUT2D eigenvalue weighted by Crippen LogP contribution is -2.58. The number of aliphatic hydroxyl groups excluding tert-OH is 1. The molecule has 0 radical (unpaired) electrons. The molecule has 10 heteroatoms. The van der Waals surface area contributed by atoms with Crippen molar-refractivity contribution in [2.24, 2.45) is 11.8 Å². The molecule has 1 aromatic rings. The molecule has 3 aliphatic rings. The van der Waals surface area contributed by atoms with Crippen molar-refractivity contribution in [1.82, 2.24) is 4.90 Å². The highest BCUT2D eigenvalue weighted by atomic mass is 79.9. The van der Waals surface area contributed by atoms with Crippen molar-refractivity contribution in [2.45, 2.75) is 46.7 Å². The zero-order chi connectivity index (χ0) is 26.2. The normalized spacial score (nSPS) is 31.2. The molecule has 4 rings (SSSR count). The Kier molecular flexibility index (Phi) is 8.24. The van der Waals surface area contributed by atoms with E-state index in [2.05, 4.69) is 29.1 Å². The standard InChI is InChI=1S/C26H30BrClN2O5S/c1-4-11-29(18-10-8-7-9-17(18)28)24(33)22-26-13-16(27)21(36-26)19(25(34)35-12-5-2)20(26)23(32)30(22)15(6-3)14-31/h4-5,7-10,15-16,19-22,31H,1-2,6,11-14H2,3H3/t15-,16?,19+,20-,21+,22?,26?/m0/s1. The minimum atomic E-state index is -0.893. The number of alkyl halides is 1. The lowest BCUT2D eigenvalue weighted by atomic mass is 9.71. The minimum Gasteiger partial charge on any atom is -0.461 e. The lowest BCUT2D eigenvalue weighted by molar-refractivity contribution is -0.153. The third kappa shape index (κ3) is 4.22. The number of ether oxygens (including phenoxy) is 1. The Hall–Kier alpha value is -1.81. The zero-order valence-electron chi connectivity index (χ0n) is 20.0. The molecule has 1 aromatic carbocycles. The minimum absolute atomic E-state index is 0.0491. The number of para-hydroxylation sites is 1. The van der Waals surface area contributed by atoms with Crippen LogP contribution in [0.4, 0.5) is 5.69 Å². The summed E-state index contributed by atoms with van der Waals surface area (Å²) in [6.45, 7) is 9.23. The predicted octanol–water partition coefficient (Wildman–Crippen LogP) is 3.82. The average molecular weight is 598 g/mol. The van der Waals surface area contributed by atoms with E-state index in [1.165, 1.54) is 22.7 Å². The van der Waals surface area contributed by atoms with Gasteiger partial charge >= 0.3 is 5.97 Å². The summed E-state index contributed by atoms with van der Waals surface area (Å²) in [5, 5.41) is 10.4. The second kappa shape index (κ2) is 10.9. The topological polar surface area (TPSA) is 87.2 Å². The van der Waals surface area contributed by atoms with Gasteiger partial charge in [-0.05, 0) is 25.0 Å². The van der Waals surface area contributed by atoms with Gasteiger partial charge in [-0.1, -0.05) is 65.3 Å². The van der Waals surface area contributed by atoms with Crippen molar-refractivity contribution in [3.8, 4) is 0 Å². The van der Waals surface area contributed by atoms with Gasteiger partial charge in [-0.3, -0.25) is 14.4 Å². The maximum Gasteiger partial charge on any atom is 0.311 e. The van der Waals surface area contributed by atoms with E-state index in [4.69, 9.17) is 16.3 Å². The smallest absolute Gasteiger partial charge is 0.311 e. The summed E-state index contributed by atoms with van der Waals surface area (Å²) in [7, 11) is 0. The number of esters is 1. The third-order valence-electron chi connectivity index (χ3n) is 7.37. The number of halogens is 2. The molecule has 7 nitrogen and oxygen atoms in total. The zero-order valence-corrected chi connectivity index (χ0v) is 23.2. The predicted molar refractivity (Wildman–Crippen MR) is 145 cm³/mol. The molecule has 7 atom stereocenters. The van der Waals surface area contributed by atoms with Crippen LogP contribution < -0.4 is 4.90 Å². The van der Waals surface area contributed by atoms with Gasteiger partial charge < -0.3 is 19.6 Å². The van der Waals surface area contributed by atoms with E-state index in [-0.39, 0.29) is 41.6 Å². The number of benzene rings is 1. The number of hydrogen-bond donors (Lipinski definition) is 1. The van der Waals surface area contributed by atoms with Crippen LogP contribution in [0.25, 0.3) is 0 Å². The van der Waals surface area contributed by atoms with E-state index >= 15 is 0 Å². The Labute approximate surface area is 229 Å². The number of amides is 2. The van der Waals surface area contributed by atoms with E-state index in [1.54, 1.807) is 35.2 Å². The molecule has 36 heavy (non-hydrogen) atoms. The number of rotatable bonds is 10. The van der Waals surface area contributed by atoms with Gasteiger partial charge in [0.05, 0.1) is 39.9 Å². The van der Waals surface area contributed by atoms with Gasteiger partial charge in [0, 0.05) is 16.6 Å². The second-order valence-corrected chi connectivity index (χ2v) is 12.4. The van der Waals surface area contributed by atoms with E-state index < -0.39 is 34.6 Å². The molecule has 3 fully saturated rings. The number of carbonyl (C=O) groups is 3. The summed E-state index contributed by atoms with van der Waals surface area (Å²) < 4.78 is 4.55. The largest absolute Gasteiger partial charge is 0.461 e. The monoisotopic (exact) mass is 596 g/mol. The van der Waals surface area contributed by atoms with Crippen molar-refractivity contribution >= 4 is 62.8 Å². The summed E-state index contributed by atoms with van der Waals surface area (Å²) in [5.41, 5.74) is 0.517. The molecule has 194 valence electrons. The van der Waals surface area contributed by atoms with E-state index in [9.17, 15) is 19.5 Å². The van der Waals surface area contributed by atoms with Gasteiger partial charge in [0.25, 0.3) is 5.91 Å². The highest BCUT2D eigenvalue weighted by molar-refractivity contribution is 9.09. The van der Waals surface area contributed by atoms with Crippen LogP contribution in [0.1, 0.15) is 19.8 Å². The van der Waals surface area contributed by atoms with Crippen LogP contribution in [0.5, 0.6) is 0 Å². The quantitative estimate of drug-likeness (QED) is 0.251. The van der Waals surface area contributed by atoms with Crippen molar-refractivity contribution in [2.75, 3.05) is 24.7 Å². The van der Waals surface area contributed by atoms with Gasteiger partial charge in [-0.15, -0.1) is 18.3 Å². The molecule has 1 spiro atoms. The van der Waals surface area contributed by atoms with Crippen molar-refractivity contribution in [1.29, 1.82) is 0 Å². The van der Waals surface area contributed by atoms with Gasteiger partial charge in [-0.2, -0.15) is 0 Å². The molecule has 3 unspecified atom stereocenters. The van der Waals surface area contributed by atoms with Crippen molar-refractivity contribution in [3.05, 3.63) is 54.6 Å². The van der Waals surface area contributed by atoms with Gasteiger partial charge in [0.1, 0.15) is 12.6 Å². The highest BCUT2D eigenvalue weighted by Crippen LogP contribution is 2.68. The lowest BCUT2D eigenvalue weighted by Gasteiger charge is -2.39. The summed E-state index contributed by atoms with van der Waals surface area (Å²) in [6, 6.07) is 5.58. The van der Waals surface area contributed by atoms with E-state index in [0.717, 1.165) is 0 Å². The van der Waals surface area contributed by atoms with Crippen molar-refractivity contribution in [3.63, 3.8) is 0 Å². The molecule has 2 amide bonds. The molecule has 0 saturated carbocycles. The summed E-state index contributed by atoms with van der Waals surface area (Å²) in [4.78, 5) is 44.7. The molecule has 0 aromatic heterocycles. The summed E-state index contributed by atoms with van der Waals surface area (Å²) in [6.07, 6.45) is 4.09. The maximum absolute atomic E-state index is 14.4. The SMILES string of the molecule is C=CCOC(=O)[C@H]1[C@@H]2SC3(CC2Br)C(C(=O)N(CC=C)c2ccccc2Cl)N([C@@H](CC)CO)C(=O)[C@H]13. The Morgan fingerprint density at radius 3 is 2.72 bits per heavy atom. The Morgan fingerprint density at radius 1 is 1.39 bits per heavy atom. The Balaban J connectivity index is 1.84. The molecule has 3 aliphatic heterocycles. The molecular formula is C26H30BrClN2O5S. The molecule has 2 bridgehead atoms. The first-order valence-corrected chi connectivity index (χ1v) is 14.1. The number of thioether (sulfide) groups is 1. The molecular weight excluding hydrogens is 568 g/mol. The van der Waals surface area contributed by atoms with Crippen LogP contribution in [0.15, 0.2) is 49.6 Å². The third-order valence-corrected chi connectivity index (χ3v) is 10.9. The molecule has 3 saturated heterocycles. The van der Waals surface area contributed by atoms with Crippen LogP contribution in [0.2, 0.25) is 5.02 Å². The molecule has 1 N–H and O–H groups in total. The average Bonchev–Trinajstić information content (AvgIpc) is 3.46. The molecule has 0 aliphatic carbocycles. The number of carbonyl (C=O) groups excluding carboxylic acids is 3. The molecule has 3 heterocycles. The highest BCUT2D eigenvalue weighted by Gasteiger charge is 2.76. The van der Waals surface area contributed by atoms with Gasteiger partial charge in [0.15, 0.2) is 0 Å². The summed E-state index contributed by atoms with van der Waals surface area (Å²) in [5.74, 6) is -2.49. The Bertz CT molecular complexity index is 1070. The number of aliphatic hydroxyl groups is 1. The number of hydrogen-bond acceptors (Lipinski definition) is 6. The Morgan fingerprint density at radius 2 is 2.11 bits per heavy atom. The number of nitrogens with zero attached hydrogens (tertiary/aromatic N) is 2. The summed E-state index contributed by atoms with van der Waals surface area (Å²) >= 11 is 11.7. The van der Waals surface area contributed by atoms with Crippen LogP contribution in [-0.2, 0) is 19.1 Å². The number of anilines is 1. The fourth-order valence-electron chi connectivity index (χ4n) is 5.91. The van der Waals surface area contributed by atoms with Crippen LogP contribution in [0, 0.1) is 11.8 Å². The first kappa shape index (κ1) is 27.2. The van der Waals surface area contributed by atoms with Crippen LogP contribution >= 0.6 is 39.3 Å².